The van der Waals surface area contributed by atoms with E-state index in [1.807, 2.05) is 0 Å². The van der Waals surface area contributed by atoms with Crippen LogP contribution in [0.4, 0.5) is 4.70 Å². The van der Waals surface area contributed by atoms with Crippen molar-refractivity contribution in [1.82, 2.24) is 0 Å². The third-order valence-corrected chi connectivity index (χ3v) is 0. The summed E-state index contributed by atoms with van der Waals surface area (Å²) in [5, 5.41) is 0. The molecule has 0 saturated heterocycles. The van der Waals surface area contributed by atoms with Gasteiger partial charge in [-0.1, -0.05) is 0 Å². The maximum atomic E-state index is 7.33. The van der Waals surface area contributed by atoms with E-state index >= 15 is 0 Å². The van der Waals surface area contributed by atoms with E-state index < -0.39 is 9.05 Å². The second-order valence-corrected chi connectivity index (χ2v) is 1.80. The van der Waals surface area contributed by atoms with E-state index in [1.54, 1.807) is 0 Å². The van der Waals surface area contributed by atoms with Gasteiger partial charge >= 0.3 is 54.5 Å². The summed E-state index contributed by atoms with van der Waals surface area (Å²) >= 11 is 0. The molecular formula is H14AlFO4Si2Sr. The summed E-state index contributed by atoms with van der Waals surface area (Å²) < 4.78 is 0. The van der Waals surface area contributed by atoms with Gasteiger partial charge in [-0.25, -0.2) is 0 Å². The van der Waals surface area contributed by atoms with Crippen LogP contribution in [0.5, 0.6) is 0 Å². The Morgan fingerprint density at radius 1 is 0.889 bits per heavy atom. The molecule has 0 aliphatic rings. The molecule has 0 saturated carbocycles. The van der Waals surface area contributed by atoms with Crippen LogP contribution in [0.1, 0.15) is 0 Å². The topological polar surface area (TPSA) is 80.9 Å². The maximum absolute atomic E-state index is 7.33. The van der Waals surface area contributed by atoms with Crippen LogP contribution in [0, 0.1) is 0 Å². The van der Waals surface area contributed by atoms with Gasteiger partial charge in [-0.3, -0.25) is 4.70 Å². The van der Waals surface area contributed by atoms with Gasteiger partial charge in [-0.15, -0.1) is 0 Å². The second kappa shape index (κ2) is 12.9. The Morgan fingerprint density at radius 2 is 0.889 bits per heavy atom. The number of rotatable bonds is 0. The third kappa shape index (κ3) is 140. The Kier molecular flexibility index (Phi) is 43.3. The van der Waals surface area contributed by atoms with Gasteiger partial charge in [0.2, 0.25) is 0 Å². The summed E-state index contributed by atoms with van der Waals surface area (Å²) in [7, 11) is -4.61. The molecule has 0 atom stereocenters. The molecule has 0 bridgehead atoms. The fourth-order valence-corrected chi connectivity index (χ4v) is 0. The van der Waals surface area contributed by atoms with Crippen LogP contribution in [-0.4, -0.2) is 102 Å². The molecule has 0 radical (unpaired) electrons. The number of halogens is 1. The van der Waals surface area contributed by atoms with E-state index in [9.17, 15) is 0 Å². The van der Waals surface area contributed by atoms with Crippen molar-refractivity contribution in [2.75, 3.05) is 0 Å². The number of hydrogen-bond donors (Lipinski definition) is 4. The number of hydrogen-bond acceptors (Lipinski definition) is 4. The van der Waals surface area contributed by atoms with Crippen molar-refractivity contribution in [2.45, 2.75) is 0 Å². The van der Waals surface area contributed by atoms with E-state index in [2.05, 4.69) is 0 Å². The molecule has 0 heterocycles. The van der Waals surface area contributed by atoms with E-state index in [0.29, 0.717) is 0 Å². The first-order valence-electron chi connectivity index (χ1n) is 0.894. The average molecular weight is 268 g/mol. The first kappa shape index (κ1) is 30.3. The molecule has 0 aromatic carbocycles. The van der Waals surface area contributed by atoms with Gasteiger partial charge < -0.3 is 19.2 Å². The molecule has 9 heteroatoms. The van der Waals surface area contributed by atoms with Crippen LogP contribution in [0.25, 0.3) is 0 Å². The summed E-state index contributed by atoms with van der Waals surface area (Å²) in [6.07, 6.45) is 0. The summed E-state index contributed by atoms with van der Waals surface area (Å²) in [5.74, 6) is 0. The Labute approximate surface area is 105 Å². The fraction of sp³-hybridized carbons (Fsp3) is 0. The van der Waals surface area contributed by atoms with Crippen molar-refractivity contribution in [3.8, 4) is 0 Å². The fourth-order valence-electron chi connectivity index (χ4n) is 0. The SMILES string of the molecule is F.O[Si](O)(O)O.[AlH3].[SiH4].[SrH2]. The summed E-state index contributed by atoms with van der Waals surface area (Å²) in [4.78, 5) is 29.3. The van der Waals surface area contributed by atoms with Gasteiger partial charge in [0.05, 0.1) is 0 Å². The van der Waals surface area contributed by atoms with Gasteiger partial charge in [0.1, 0.15) is 0 Å². The van der Waals surface area contributed by atoms with Gasteiger partial charge in [0, 0.05) is 0 Å². The molecule has 0 aliphatic carbocycles. The van der Waals surface area contributed by atoms with Crippen LogP contribution in [0.15, 0.2) is 0 Å². The zero-order chi connectivity index (χ0) is 4.50. The molecule has 9 heavy (non-hydrogen) atoms. The predicted octanol–water partition coefficient (Wildman–Crippen LogP) is -6.01. The van der Waals surface area contributed by atoms with Crippen LogP contribution in [0.2, 0.25) is 0 Å². The quantitative estimate of drug-likeness (QED) is 0.330. The van der Waals surface area contributed by atoms with Gasteiger partial charge in [0.15, 0.2) is 17.4 Å². The monoisotopic (exact) mass is 268 g/mol. The summed E-state index contributed by atoms with van der Waals surface area (Å²) in [5.41, 5.74) is 0. The second-order valence-electron chi connectivity index (χ2n) is 0.600. The van der Waals surface area contributed by atoms with Crippen LogP contribution >= 0.6 is 0 Å². The molecule has 4 nitrogen and oxygen atoms in total. The molecular weight excluding hydrogens is 254 g/mol. The molecule has 4 N–H and O–H groups in total. The van der Waals surface area contributed by atoms with Crippen molar-refractivity contribution in [2.24, 2.45) is 0 Å². The van der Waals surface area contributed by atoms with Crippen molar-refractivity contribution in [3.63, 3.8) is 0 Å². The predicted molar refractivity (Wildman–Crippen MR) is 46.9 cm³/mol. The van der Waals surface area contributed by atoms with E-state index in [4.69, 9.17) is 19.2 Å². The zero-order valence-corrected chi connectivity index (χ0v) is 3.70. The summed E-state index contributed by atoms with van der Waals surface area (Å²) in [6, 6.07) is 0. The van der Waals surface area contributed by atoms with Crippen LogP contribution < -0.4 is 0 Å². The molecule has 0 rings (SSSR count). The first-order valence-corrected chi connectivity index (χ1v) is 2.68. The van der Waals surface area contributed by atoms with E-state index in [0.717, 1.165) is 0 Å². The van der Waals surface area contributed by atoms with Gasteiger partial charge in [0.25, 0.3) is 0 Å². The molecule has 58 valence electrons. The van der Waals surface area contributed by atoms with Gasteiger partial charge in [-0.05, 0) is 11.0 Å². The zero-order valence-electron chi connectivity index (χ0n) is 2.70. The normalized spacial score (nSPS) is 6.67. The Balaban J connectivity index is -0.0000000133. The molecule has 0 aromatic heterocycles. The standard InChI is InChI=1S/Al.FH.H4O4Si.H4Si.Sr.5H/c;;1-5(2,3)4;;;;;;;/h;1H;1-4H;1H4;;;;;;. The van der Waals surface area contributed by atoms with Gasteiger partial charge in [-0.2, -0.15) is 0 Å². The van der Waals surface area contributed by atoms with Crippen molar-refractivity contribution < 1.29 is 23.9 Å². The van der Waals surface area contributed by atoms with Crippen molar-refractivity contribution in [3.05, 3.63) is 0 Å². The van der Waals surface area contributed by atoms with Crippen LogP contribution in [0.3, 0.4) is 0 Å². The Hall–Kier alpha value is 2.22. The van der Waals surface area contributed by atoms with Crippen molar-refractivity contribution in [1.29, 1.82) is 0 Å². The molecule has 0 spiro atoms. The average Bonchev–Trinajstić information content (AvgIpc) is 0.722. The van der Waals surface area contributed by atoms with E-state index in [1.165, 1.54) is 0 Å². The summed E-state index contributed by atoms with van der Waals surface area (Å²) in [6.45, 7) is 0. The molecule has 0 unspecified atom stereocenters. The first-order chi connectivity index (χ1) is 2.00. The third-order valence-electron chi connectivity index (χ3n) is 0. The van der Waals surface area contributed by atoms with E-state index in [-0.39, 0.29) is 78.5 Å². The Bertz CT molecular complexity index is 34.0. The molecule has 0 aromatic rings. The van der Waals surface area contributed by atoms with Crippen LogP contribution in [-0.2, 0) is 0 Å². The van der Waals surface area contributed by atoms with Crippen molar-refractivity contribution >= 4 is 82.9 Å². The minimum atomic E-state index is -4.61. The minimum absolute atomic E-state index is 0. The Morgan fingerprint density at radius 3 is 0.889 bits per heavy atom. The molecule has 0 amide bonds. The molecule has 0 fully saturated rings. The molecule has 0 aliphatic heterocycles.